The van der Waals surface area contributed by atoms with Crippen molar-refractivity contribution < 1.29 is 9.90 Å². The molecule has 0 spiro atoms. The number of carbonyl (C=O) groups excluding carboxylic acids is 1. The number of benzene rings is 2. The first-order valence-corrected chi connectivity index (χ1v) is 8.51. The van der Waals surface area contributed by atoms with Crippen molar-refractivity contribution in [1.82, 2.24) is 4.57 Å². The number of fused-ring (bicyclic) bond motifs is 1. The molecular formula is C19H16ClN3O2. The van der Waals surface area contributed by atoms with Crippen LogP contribution >= 0.6 is 11.6 Å². The summed E-state index contributed by atoms with van der Waals surface area (Å²) in [5, 5.41) is 19.9. The molecule has 0 atom stereocenters. The minimum Gasteiger partial charge on any atom is -0.493 e. The maximum absolute atomic E-state index is 11.8. The fourth-order valence-electron chi connectivity index (χ4n) is 2.81. The first kappa shape index (κ1) is 15.8. The van der Waals surface area contributed by atoms with Crippen molar-refractivity contribution in [2.45, 2.75) is 19.4 Å². The summed E-state index contributed by atoms with van der Waals surface area (Å²) in [6.45, 7) is 0.468. The standard InChI is InChI=1S/C19H16ClN3O2/c20-14-9-5-12(6-10-14)11-23-16-4-2-1-3-15(16)17(19(23)25)21-22-18(24)13-7-8-13/h1-6,9-10,13,25H,7-8,11H2. The van der Waals surface area contributed by atoms with E-state index in [1.165, 1.54) is 0 Å². The monoisotopic (exact) mass is 353 g/mol. The molecule has 0 saturated heterocycles. The van der Waals surface area contributed by atoms with Crippen LogP contribution in [0.1, 0.15) is 18.4 Å². The summed E-state index contributed by atoms with van der Waals surface area (Å²) in [5.74, 6) is -0.203. The van der Waals surface area contributed by atoms with Crippen LogP contribution in [0.15, 0.2) is 58.8 Å². The van der Waals surface area contributed by atoms with Gasteiger partial charge in [-0.2, -0.15) is 0 Å². The van der Waals surface area contributed by atoms with Crippen molar-refractivity contribution in [1.29, 1.82) is 0 Å². The second-order valence-corrected chi connectivity index (χ2v) is 6.65. The minimum atomic E-state index is -0.214. The van der Waals surface area contributed by atoms with Gasteiger partial charge in [-0.05, 0) is 36.6 Å². The SMILES string of the molecule is O=C(N=Nc1c(O)n(Cc2ccc(Cl)cc2)c2ccccc12)C1CC1. The smallest absolute Gasteiger partial charge is 0.267 e. The van der Waals surface area contributed by atoms with Gasteiger partial charge in [0.25, 0.3) is 5.91 Å². The van der Waals surface area contributed by atoms with Crippen molar-refractivity contribution in [3.8, 4) is 5.88 Å². The van der Waals surface area contributed by atoms with E-state index in [0.29, 0.717) is 17.3 Å². The number of rotatable bonds is 4. The molecule has 1 N–H and O–H groups in total. The molecular weight excluding hydrogens is 338 g/mol. The van der Waals surface area contributed by atoms with Crippen LogP contribution in [0.25, 0.3) is 10.9 Å². The fraction of sp³-hybridized carbons (Fsp3) is 0.211. The maximum atomic E-state index is 11.8. The number of aromatic nitrogens is 1. The number of aromatic hydroxyl groups is 1. The Balaban J connectivity index is 1.75. The number of nitrogens with zero attached hydrogens (tertiary/aromatic N) is 3. The van der Waals surface area contributed by atoms with Gasteiger partial charge in [0, 0.05) is 16.3 Å². The third-order valence-corrected chi connectivity index (χ3v) is 4.60. The highest BCUT2D eigenvalue weighted by atomic mass is 35.5. The van der Waals surface area contributed by atoms with Gasteiger partial charge in [0.05, 0.1) is 12.1 Å². The Labute approximate surface area is 149 Å². The maximum Gasteiger partial charge on any atom is 0.267 e. The van der Waals surface area contributed by atoms with E-state index < -0.39 is 0 Å². The lowest BCUT2D eigenvalue weighted by Crippen LogP contribution is -1.98. The molecule has 0 radical (unpaired) electrons. The van der Waals surface area contributed by atoms with Gasteiger partial charge in [0.15, 0.2) is 5.69 Å². The van der Waals surface area contributed by atoms with Crippen LogP contribution in [0.3, 0.4) is 0 Å². The molecule has 1 aliphatic rings. The van der Waals surface area contributed by atoms with Crippen LogP contribution < -0.4 is 0 Å². The zero-order valence-corrected chi connectivity index (χ0v) is 14.1. The van der Waals surface area contributed by atoms with Crippen molar-refractivity contribution in [3.05, 3.63) is 59.1 Å². The van der Waals surface area contributed by atoms with Crippen LogP contribution in [0, 0.1) is 5.92 Å². The number of para-hydroxylation sites is 1. The highest BCUT2D eigenvalue weighted by Gasteiger charge is 2.30. The van der Waals surface area contributed by atoms with E-state index in [0.717, 1.165) is 29.3 Å². The Hall–Kier alpha value is -2.66. The molecule has 1 saturated carbocycles. The first-order valence-electron chi connectivity index (χ1n) is 8.13. The second kappa shape index (κ2) is 6.33. The van der Waals surface area contributed by atoms with Gasteiger partial charge >= 0.3 is 0 Å². The van der Waals surface area contributed by atoms with E-state index in [2.05, 4.69) is 10.2 Å². The number of halogens is 1. The van der Waals surface area contributed by atoms with Crippen molar-refractivity contribution in [2.24, 2.45) is 16.1 Å². The lowest BCUT2D eigenvalue weighted by molar-refractivity contribution is -0.119. The summed E-state index contributed by atoms with van der Waals surface area (Å²) in [6, 6.07) is 15.0. The van der Waals surface area contributed by atoms with Crippen LogP contribution in [-0.2, 0) is 11.3 Å². The Morgan fingerprint density at radius 3 is 2.60 bits per heavy atom. The van der Waals surface area contributed by atoms with Gasteiger partial charge < -0.3 is 9.67 Å². The Kier molecular flexibility index (Phi) is 4.01. The molecule has 0 aliphatic heterocycles. The number of azo groups is 1. The molecule has 1 amide bonds. The minimum absolute atomic E-state index is 0.00324. The van der Waals surface area contributed by atoms with E-state index in [9.17, 15) is 9.90 Å². The molecule has 126 valence electrons. The summed E-state index contributed by atoms with van der Waals surface area (Å²) >= 11 is 5.93. The zero-order chi connectivity index (χ0) is 17.4. The van der Waals surface area contributed by atoms with Crippen molar-refractivity contribution in [3.63, 3.8) is 0 Å². The van der Waals surface area contributed by atoms with Gasteiger partial charge in [-0.1, -0.05) is 41.9 Å². The summed E-state index contributed by atoms with van der Waals surface area (Å²) in [4.78, 5) is 11.8. The number of carbonyl (C=O) groups is 1. The van der Waals surface area contributed by atoms with Gasteiger partial charge in [-0.15, -0.1) is 10.2 Å². The number of hydrogen-bond donors (Lipinski definition) is 1. The van der Waals surface area contributed by atoms with E-state index in [1.54, 1.807) is 4.57 Å². The largest absolute Gasteiger partial charge is 0.493 e. The van der Waals surface area contributed by atoms with Crippen molar-refractivity contribution in [2.75, 3.05) is 0 Å². The molecule has 3 aromatic rings. The summed E-state index contributed by atoms with van der Waals surface area (Å²) in [6.07, 6.45) is 1.75. The molecule has 1 aromatic heterocycles. The third-order valence-electron chi connectivity index (χ3n) is 4.35. The number of amides is 1. The quantitative estimate of drug-likeness (QED) is 0.665. The summed E-state index contributed by atoms with van der Waals surface area (Å²) in [5.41, 5.74) is 2.17. The molecule has 6 heteroatoms. The fourth-order valence-corrected chi connectivity index (χ4v) is 2.94. The third kappa shape index (κ3) is 3.15. The average Bonchev–Trinajstić information content (AvgIpc) is 3.43. The Morgan fingerprint density at radius 2 is 1.88 bits per heavy atom. The lowest BCUT2D eigenvalue weighted by atomic mass is 10.2. The van der Waals surface area contributed by atoms with Crippen LogP contribution in [-0.4, -0.2) is 15.6 Å². The van der Waals surface area contributed by atoms with Gasteiger partial charge in [0.1, 0.15) is 0 Å². The van der Waals surface area contributed by atoms with Crippen LogP contribution in [0.4, 0.5) is 5.69 Å². The molecule has 2 aromatic carbocycles. The Bertz CT molecular complexity index is 972. The highest BCUT2D eigenvalue weighted by molar-refractivity contribution is 6.30. The highest BCUT2D eigenvalue weighted by Crippen LogP contribution is 2.40. The van der Waals surface area contributed by atoms with Gasteiger partial charge in [-0.3, -0.25) is 4.79 Å². The topological polar surface area (TPSA) is 66.9 Å². The van der Waals surface area contributed by atoms with Crippen LogP contribution in [0.5, 0.6) is 5.88 Å². The van der Waals surface area contributed by atoms with Gasteiger partial charge in [0.2, 0.25) is 5.88 Å². The van der Waals surface area contributed by atoms with Crippen molar-refractivity contribution >= 4 is 34.1 Å². The molecule has 1 aliphatic carbocycles. The molecule has 1 heterocycles. The molecule has 0 unspecified atom stereocenters. The molecule has 0 bridgehead atoms. The predicted octanol–water partition coefficient (Wildman–Crippen LogP) is 5.07. The molecule has 1 fully saturated rings. The lowest BCUT2D eigenvalue weighted by Gasteiger charge is -2.07. The normalized spacial score (nSPS) is 14.4. The summed E-state index contributed by atoms with van der Waals surface area (Å²) < 4.78 is 1.76. The van der Waals surface area contributed by atoms with Gasteiger partial charge in [-0.25, -0.2) is 0 Å². The summed E-state index contributed by atoms with van der Waals surface area (Å²) in [7, 11) is 0. The first-order chi connectivity index (χ1) is 12.1. The number of hydrogen-bond acceptors (Lipinski definition) is 3. The van der Waals surface area contributed by atoms with Crippen LogP contribution in [0.2, 0.25) is 5.02 Å². The predicted molar refractivity (Wildman–Crippen MR) is 96.4 cm³/mol. The molecule has 5 nitrogen and oxygen atoms in total. The zero-order valence-electron chi connectivity index (χ0n) is 13.4. The van der Waals surface area contributed by atoms with E-state index >= 15 is 0 Å². The molecule has 4 rings (SSSR count). The molecule has 25 heavy (non-hydrogen) atoms. The Morgan fingerprint density at radius 1 is 1.16 bits per heavy atom. The van der Waals surface area contributed by atoms with E-state index in [4.69, 9.17) is 11.6 Å². The van der Waals surface area contributed by atoms with E-state index in [-0.39, 0.29) is 17.7 Å². The van der Waals surface area contributed by atoms with E-state index in [1.807, 2.05) is 48.5 Å². The second-order valence-electron chi connectivity index (χ2n) is 6.21. The average molecular weight is 354 g/mol.